The minimum atomic E-state index is -0.901. The molecule has 7 heteroatoms. The van der Waals surface area contributed by atoms with Crippen LogP contribution in [0.3, 0.4) is 0 Å². The molecule has 0 atom stereocenters. The third-order valence-electron chi connectivity index (χ3n) is 3.65. The second-order valence-corrected chi connectivity index (χ2v) is 5.32. The Labute approximate surface area is 144 Å². The molecule has 0 saturated heterocycles. The summed E-state index contributed by atoms with van der Waals surface area (Å²) < 4.78 is 42.6. The van der Waals surface area contributed by atoms with E-state index >= 15 is 0 Å². The summed E-state index contributed by atoms with van der Waals surface area (Å²) in [5.41, 5.74) is 0.504. The van der Waals surface area contributed by atoms with Gasteiger partial charge >= 0.3 is 0 Å². The Morgan fingerprint density at radius 2 is 1.60 bits per heavy atom. The van der Waals surface area contributed by atoms with Crippen molar-refractivity contribution in [2.75, 3.05) is 28.4 Å². The molecule has 0 unspecified atom stereocenters. The number of carbonyl (C=O) groups excluding carboxylic acids is 1. The standard InChI is InChI=1S/C18H19F2NO4/c1-21(18(22)13-6-5-12(19)9-14(13)20)10-11-7-15(23-2)17(25-4)16(8-11)24-3/h5-9H,10H2,1-4H3. The lowest BCUT2D eigenvalue weighted by atomic mass is 10.1. The third kappa shape index (κ3) is 3.99. The van der Waals surface area contributed by atoms with Gasteiger partial charge in [0.05, 0.1) is 26.9 Å². The van der Waals surface area contributed by atoms with E-state index in [1.807, 2.05) is 0 Å². The zero-order valence-electron chi connectivity index (χ0n) is 14.4. The van der Waals surface area contributed by atoms with E-state index in [0.717, 1.165) is 12.1 Å². The van der Waals surface area contributed by atoms with Gasteiger partial charge in [-0.1, -0.05) is 0 Å². The quantitative estimate of drug-likeness (QED) is 0.802. The van der Waals surface area contributed by atoms with Crippen molar-refractivity contribution in [1.29, 1.82) is 0 Å². The molecule has 0 fully saturated rings. The number of benzene rings is 2. The van der Waals surface area contributed by atoms with E-state index in [1.165, 1.54) is 33.3 Å². The Morgan fingerprint density at radius 3 is 2.08 bits per heavy atom. The van der Waals surface area contributed by atoms with E-state index in [2.05, 4.69) is 0 Å². The van der Waals surface area contributed by atoms with Crippen LogP contribution in [0, 0.1) is 11.6 Å². The normalized spacial score (nSPS) is 10.3. The van der Waals surface area contributed by atoms with Gasteiger partial charge in [0.2, 0.25) is 5.75 Å². The summed E-state index contributed by atoms with van der Waals surface area (Å²) >= 11 is 0. The fourth-order valence-corrected chi connectivity index (χ4v) is 2.44. The molecule has 0 aliphatic carbocycles. The van der Waals surface area contributed by atoms with Crippen LogP contribution < -0.4 is 14.2 Å². The molecule has 2 aromatic carbocycles. The molecule has 5 nitrogen and oxygen atoms in total. The first-order chi connectivity index (χ1) is 11.9. The van der Waals surface area contributed by atoms with Crippen LogP contribution in [-0.2, 0) is 6.54 Å². The Morgan fingerprint density at radius 1 is 1.00 bits per heavy atom. The van der Waals surface area contributed by atoms with Gasteiger partial charge in [0.15, 0.2) is 11.5 Å². The number of halogens is 2. The molecule has 0 aliphatic rings. The lowest BCUT2D eigenvalue weighted by Gasteiger charge is -2.20. The van der Waals surface area contributed by atoms with Crippen molar-refractivity contribution in [3.8, 4) is 17.2 Å². The van der Waals surface area contributed by atoms with E-state index in [9.17, 15) is 13.6 Å². The lowest BCUT2D eigenvalue weighted by Crippen LogP contribution is -2.27. The third-order valence-corrected chi connectivity index (χ3v) is 3.65. The van der Waals surface area contributed by atoms with Crippen molar-refractivity contribution < 1.29 is 27.8 Å². The highest BCUT2D eigenvalue weighted by molar-refractivity contribution is 5.94. The highest BCUT2D eigenvalue weighted by atomic mass is 19.1. The number of hydrogen-bond donors (Lipinski definition) is 0. The lowest BCUT2D eigenvalue weighted by molar-refractivity contribution is 0.0780. The van der Waals surface area contributed by atoms with Crippen molar-refractivity contribution >= 4 is 5.91 Å². The van der Waals surface area contributed by atoms with Crippen molar-refractivity contribution in [2.45, 2.75) is 6.54 Å². The molecule has 0 saturated carbocycles. The Bertz CT molecular complexity index is 755. The fourth-order valence-electron chi connectivity index (χ4n) is 2.44. The van der Waals surface area contributed by atoms with Gasteiger partial charge in [0, 0.05) is 19.7 Å². The number of hydrogen-bond acceptors (Lipinski definition) is 4. The van der Waals surface area contributed by atoms with E-state index < -0.39 is 17.5 Å². The maximum absolute atomic E-state index is 13.8. The van der Waals surface area contributed by atoms with E-state index in [1.54, 1.807) is 12.1 Å². The minimum absolute atomic E-state index is 0.173. The average Bonchev–Trinajstić information content (AvgIpc) is 2.60. The Balaban J connectivity index is 2.27. The molecule has 0 spiro atoms. The van der Waals surface area contributed by atoms with Crippen LogP contribution in [-0.4, -0.2) is 39.2 Å². The monoisotopic (exact) mass is 351 g/mol. The molecule has 0 aliphatic heterocycles. The smallest absolute Gasteiger partial charge is 0.256 e. The van der Waals surface area contributed by atoms with Crippen LogP contribution in [0.1, 0.15) is 15.9 Å². The molecule has 0 N–H and O–H groups in total. The predicted molar refractivity (Wildman–Crippen MR) is 88.3 cm³/mol. The largest absolute Gasteiger partial charge is 0.493 e. The van der Waals surface area contributed by atoms with E-state index in [4.69, 9.17) is 14.2 Å². The van der Waals surface area contributed by atoms with Gasteiger partial charge in [-0.05, 0) is 29.8 Å². The first kappa shape index (κ1) is 18.5. The molecule has 2 aromatic rings. The van der Waals surface area contributed by atoms with Gasteiger partial charge in [-0.25, -0.2) is 8.78 Å². The van der Waals surface area contributed by atoms with Crippen LogP contribution in [0.25, 0.3) is 0 Å². The van der Waals surface area contributed by atoms with Crippen LogP contribution in [0.2, 0.25) is 0 Å². The molecule has 134 valence electrons. The molecular weight excluding hydrogens is 332 g/mol. The first-order valence-corrected chi connectivity index (χ1v) is 7.40. The number of carbonyl (C=O) groups is 1. The Hall–Kier alpha value is -2.83. The summed E-state index contributed by atoms with van der Waals surface area (Å²) in [6.07, 6.45) is 0. The highest BCUT2D eigenvalue weighted by Crippen LogP contribution is 2.38. The second-order valence-electron chi connectivity index (χ2n) is 5.32. The Kier molecular flexibility index (Phi) is 5.80. The topological polar surface area (TPSA) is 48.0 Å². The highest BCUT2D eigenvalue weighted by Gasteiger charge is 2.19. The van der Waals surface area contributed by atoms with Gasteiger partial charge in [-0.3, -0.25) is 4.79 Å². The molecule has 0 bridgehead atoms. The summed E-state index contributed by atoms with van der Waals surface area (Å²) in [4.78, 5) is 13.7. The molecule has 1 amide bonds. The van der Waals surface area contributed by atoms with E-state index in [-0.39, 0.29) is 12.1 Å². The molecule has 0 heterocycles. The van der Waals surface area contributed by atoms with Crippen molar-refractivity contribution in [3.05, 3.63) is 53.1 Å². The van der Waals surface area contributed by atoms with Crippen molar-refractivity contribution in [2.24, 2.45) is 0 Å². The fraction of sp³-hybridized carbons (Fsp3) is 0.278. The maximum Gasteiger partial charge on any atom is 0.256 e. The summed E-state index contributed by atoms with van der Waals surface area (Å²) in [5, 5.41) is 0. The van der Waals surface area contributed by atoms with Crippen LogP contribution in [0.5, 0.6) is 17.2 Å². The summed E-state index contributed by atoms with van der Waals surface area (Å²) in [5.74, 6) is -0.863. The summed E-state index contributed by atoms with van der Waals surface area (Å²) in [7, 11) is 6.00. The van der Waals surface area contributed by atoms with Crippen LogP contribution in [0.4, 0.5) is 8.78 Å². The first-order valence-electron chi connectivity index (χ1n) is 7.40. The van der Waals surface area contributed by atoms with Gasteiger partial charge in [-0.15, -0.1) is 0 Å². The van der Waals surface area contributed by atoms with E-state index in [0.29, 0.717) is 28.9 Å². The number of rotatable bonds is 6. The number of nitrogens with zero attached hydrogens (tertiary/aromatic N) is 1. The summed E-state index contributed by atoms with van der Waals surface area (Å²) in [6.45, 7) is 0.173. The number of methoxy groups -OCH3 is 3. The second kappa shape index (κ2) is 7.83. The SMILES string of the molecule is COc1cc(CN(C)C(=O)c2ccc(F)cc2F)cc(OC)c1OC. The molecular formula is C18H19F2NO4. The van der Waals surface area contributed by atoms with Crippen molar-refractivity contribution in [3.63, 3.8) is 0 Å². The zero-order chi connectivity index (χ0) is 18.6. The minimum Gasteiger partial charge on any atom is -0.493 e. The van der Waals surface area contributed by atoms with Gasteiger partial charge in [0.1, 0.15) is 11.6 Å². The number of ether oxygens (including phenoxy) is 3. The molecule has 0 aromatic heterocycles. The maximum atomic E-state index is 13.8. The zero-order valence-corrected chi connectivity index (χ0v) is 14.4. The van der Waals surface area contributed by atoms with Gasteiger partial charge in [0.25, 0.3) is 5.91 Å². The molecule has 25 heavy (non-hydrogen) atoms. The van der Waals surface area contributed by atoms with Crippen LogP contribution in [0.15, 0.2) is 30.3 Å². The molecule has 0 radical (unpaired) electrons. The average molecular weight is 351 g/mol. The van der Waals surface area contributed by atoms with Crippen LogP contribution >= 0.6 is 0 Å². The summed E-state index contributed by atoms with van der Waals surface area (Å²) in [6, 6.07) is 6.25. The molecule has 2 rings (SSSR count). The number of amides is 1. The van der Waals surface area contributed by atoms with Gasteiger partial charge in [-0.2, -0.15) is 0 Å². The van der Waals surface area contributed by atoms with Gasteiger partial charge < -0.3 is 19.1 Å². The predicted octanol–water partition coefficient (Wildman–Crippen LogP) is 3.26. The van der Waals surface area contributed by atoms with Crippen molar-refractivity contribution in [1.82, 2.24) is 4.90 Å².